The topological polar surface area (TPSA) is 56.3 Å². The fraction of sp³-hybridized carbons (Fsp3) is 0.0333. The van der Waals surface area contributed by atoms with E-state index in [1.54, 1.807) is 0 Å². The van der Waals surface area contributed by atoms with Crippen molar-refractivity contribution in [2.45, 2.75) is 13.8 Å². The van der Waals surface area contributed by atoms with E-state index < -0.39 is 0 Å². The first-order chi connectivity index (χ1) is 31.4. The van der Waals surface area contributed by atoms with E-state index in [-0.39, 0.29) is 0 Å². The lowest BCUT2D eigenvalue weighted by molar-refractivity contribution is 1.43. The smallest absolute Gasteiger partial charge is 0.196 e. The highest BCUT2D eigenvalue weighted by Gasteiger charge is 2.30. The van der Waals surface area contributed by atoms with Crippen molar-refractivity contribution in [3.8, 4) is 34.4 Å². The fourth-order valence-electron chi connectivity index (χ4n) is 12.0. The average molecular weight is 805 g/mol. The molecule has 64 heavy (non-hydrogen) atoms. The number of hydrogen-bond acceptors (Lipinski definition) is 2. The van der Waals surface area contributed by atoms with Gasteiger partial charge in [0.25, 0.3) is 0 Å². The van der Waals surface area contributed by atoms with Gasteiger partial charge in [-0.25, -0.2) is 9.69 Å². The Kier molecular flexibility index (Phi) is 6.41. The Morgan fingerprint density at radius 1 is 0.344 bits per heavy atom. The molecule has 4 nitrogen and oxygen atoms in total. The Labute approximate surface area is 365 Å². The van der Waals surface area contributed by atoms with E-state index in [1.807, 2.05) is 38.1 Å². The minimum absolute atomic E-state index is 0.408. The summed E-state index contributed by atoms with van der Waals surface area (Å²) >= 11 is 0. The maximum atomic E-state index is 11.1. The van der Waals surface area contributed by atoms with Gasteiger partial charge in [0, 0.05) is 22.3 Å². The van der Waals surface area contributed by atoms with E-state index in [9.17, 15) is 10.5 Å². The van der Waals surface area contributed by atoms with Gasteiger partial charge in [-0.2, -0.15) is 10.5 Å². The van der Waals surface area contributed by atoms with Crippen LogP contribution < -0.4 is 0 Å². The zero-order chi connectivity index (χ0) is 42.9. The van der Waals surface area contributed by atoms with Crippen LogP contribution in [0.3, 0.4) is 0 Å². The number of nitriles is 2. The van der Waals surface area contributed by atoms with Gasteiger partial charge in [-0.15, -0.1) is 0 Å². The van der Waals surface area contributed by atoms with Crippen LogP contribution in [-0.4, -0.2) is 0 Å². The number of aryl methyl sites for hydroxylation is 2. The first kappa shape index (κ1) is 34.6. The van der Waals surface area contributed by atoms with E-state index >= 15 is 0 Å². The van der Waals surface area contributed by atoms with Crippen LogP contribution in [0.15, 0.2) is 133 Å². The van der Waals surface area contributed by atoms with Crippen LogP contribution >= 0.6 is 0 Å². The van der Waals surface area contributed by atoms with Gasteiger partial charge in [-0.1, -0.05) is 108 Å². The zero-order valence-electron chi connectivity index (χ0n) is 34.5. The summed E-state index contributed by atoms with van der Waals surface area (Å²) in [6.45, 7) is 21.2. The van der Waals surface area contributed by atoms with E-state index in [1.165, 1.54) is 37.7 Å². The molecule has 0 heterocycles. The summed E-state index contributed by atoms with van der Waals surface area (Å²) in [5, 5.41) is 46.2. The van der Waals surface area contributed by atoms with Crippen LogP contribution in [-0.2, 0) is 0 Å². The molecule has 0 fully saturated rings. The number of hydrogen-bond donors (Lipinski definition) is 0. The Morgan fingerprint density at radius 3 is 1.28 bits per heavy atom. The first-order valence-electron chi connectivity index (χ1n) is 21.3. The highest BCUT2D eigenvalue weighted by molar-refractivity contribution is 6.47. The number of rotatable bonds is 2. The zero-order valence-corrected chi connectivity index (χ0v) is 34.5. The van der Waals surface area contributed by atoms with Crippen LogP contribution in [0.4, 0.5) is 11.4 Å². The number of benzene rings is 12. The van der Waals surface area contributed by atoms with Crippen molar-refractivity contribution in [1.29, 1.82) is 10.5 Å². The molecule has 0 saturated carbocycles. The monoisotopic (exact) mass is 804 g/mol. The standard InChI is InChI=1S/C60H28N4/c1-29-19-37(27-61)51(47(21-29)63-3)58-45-26-42-41(39-17-15-33-13-11-31-7-5-9-35-23-43(42)55(39)53(33)49(31)35)25-44(45)59(52-38(28-62)20-30(2)22-48(52)64-4)60-46-24-36-10-6-8-32-12-14-34-16-18-40(57(58)60)56(46)54(34)50(32)36/h5-26H,1-2H3. The fourth-order valence-corrected chi connectivity index (χ4v) is 12.0. The van der Waals surface area contributed by atoms with Crippen LogP contribution in [0.25, 0.3) is 150 Å². The average Bonchev–Trinajstić information content (AvgIpc) is 3.82. The van der Waals surface area contributed by atoms with Gasteiger partial charge in [0.15, 0.2) is 11.4 Å². The molecule has 0 saturated heterocycles. The molecule has 14 rings (SSSR count). The SMILES string of the molecule is [C-]#[N+]c1cc(C)cc(C#N)c1-c1c2cc3c(cc2c(-c2c(C#N)cc(C)cc2[N+]#[C-])c2c4cc5cccc6ccc7ccc(c12)c4c7c65)c1ccc2ccc4cccc5cc3c1c2c45. The van der Waals surface area contributed by atoms with Crippen molar-refractivity contribution < 1.29 is 0 Å². The van der Waals surface area contributed by atoms with Crippen molar-refractivity contribution in [1.82, 2.24) is 0 Å². The summed E-state index contributed by atoms with van der Waals surface area (Å²) in [4.78, 5) is 8.34. The Balaban J connectivity index is 1.35. The van der Waals surface area contributed by atoms with Gasteiger partial charge in [0.1, 0.15) is 0 Å². The lowest BCUT2D eigenvalue weighted by Crippen LogP contribution is -1.95. The lowest BCUT2D eigenvalue weighted by Gasteiger charge is -2.20. The summed E-state index contributed by atoms with van der Waals surface area (Å²) in [6, 6.07) is 52.4. The van der Waals surface area contributed by atoms with Gasteiger partial charge in [0.05, 0.1) is 25.3 Å². The largest absolute Gasteiger partial charge is 0.237 e. The third kappa shape index (κ3) is 4.09. The molecule has 0 aliphatic heterocycles. The van der Waals surface area contributed by atoms with E-state index in [4.69, 9.17) is 13.1 Å². The molecule has 0 amide bonds. The van der Waals surface area contributed by atoms with Gasteiger partial charge in [0.2, 0.25) is 0 Å². The highest BCUT2D eigenvalue weighted by atomic mass is 14.7. The minimum Gasteiger partial charge on any atom is -0.237 e. The molecule has 0 radical (unpaired) electrons. The van der Waals surface area contributed by atoms with Crippen LogP contribution in [0, 0.1) is 49.7 Å². The summed E-state index contributed by atoms with van der Waals surface area (Å²) in [6.07, 6.45) is 0. The molecule has 0 aromatic heterocycles. The Bertz CT molecular complexity index is 4590. The summed E-state index contributed by atoms with van der Waals surface area (Å²) in [7, 11) is 0. The molecule has 0 aliphatic rings. The second-order valence-electron chi connectivity index (χ2n) is 17.6. The molecule has 14 aromatic rings. The van der Waals surface area contributed by atoms with Crippen molar-refractivity contribution in [2.75, 3.05) is 0 Å². The van der Waals surface area contributed by atoms with E-state index in [0.717, 1.165) is 103 Å². The van der Waals surface area contributed by atoms with Crippen molar-refractivity contribution >= 4 is 130 Å². The third-order valence-corrected chi connectivity index (χ3v) is 14.3. The minimum atomic E-state index is 0.408. The van der Waals surface area contributed by atoms with Crippen molar-refractivity contribution in [3.05, 3.63) is 179 Å². The molecule has 0 spiro atoms. The molecular formula is C60H28N4. The molecule has 0 aliphatic carbocycles. The number of fused-ring (bicyclic) bond motifs is 7. The van der Waals surface area contributed by atoms with Gasteiger partial charge in [-0.05, 0) is 180 Å². The second kappa shape index (κ2) is 11.9. The highest BCUT2D eigenvalue weighted by Crippen LogP contribution is 2.58. The summed E-state index contributed by atoms with van der Waals surface area (Å²) in [5.41, 5.74) is 6.18. The van der Waals surface area contributed by atoms with Crippen LogP contribution in [0.2, 0.25) is 0 Å². The molecule has 0 bridgehead atoms. The summed E-state index contributed by atoms with van der Waals surface area (Å²) in [5.74, 6) is 0. The van der Waals surface area contributed by atoms with Gasteiger partial charge < -0.3 is 0 Å². The number of nitrogens with zero attached hydrogens (tertiary/aromatic N) is 4. The summed E-state index contributed by atoms with van der Waals surface area (Å²) < 4.78 is 0. The van der Waals surface area contributed by atoms with E-state index in [2.05, 4.69) is 131 Å². The van der Waals surface area contributed by atoms with Crippen LogP contribution in [0.1, 0.15) is 22.3 Å². The molecular weight excluding hydrogens is 777 g/mol. The third-order valence-electron chi connectivity index (χ3n) is 14.3. The molecule has 288 valence electrons. The second-order valence-corrected chi connectivity index (χ2v) is 17.6. The predicted octanol–water partition coefficient (Wildman–Crippen LogP) is 16.9. The Morgan fingerprint density at radius 2 is 0.766 bits per heavy atom. The molecule has 14 aromatic carbocycles. The van der Waals surface area contributed by atoms with Gasteiger partial charge in [-0.3, -0.25) is 0 Å². The van der Waals surface area contributed by atoms with Crippen molar-refractivity contribution in [3.63, 3.8) is 0 Å². The lowest BCUT2D eigenvalue weighted by atomic mass is 9.82. The van der Waals surface area contributed by atoms with Crippen LogP contribution in [0.5, 0.6) is 0 Å². The normalized spacial score (nSPS) is 12.2. The molecule has 4 heteroatoms. The van der Waals surface area contributed by atoms with Gasteiger partial charge >= 0.3 is 0 Å². The maximum Gasteiger partial charge on any atom is 0.196 e. The maximum absolute atomic E-state index is 11.1. The quantitative estimate of drug-likeness (QED) is 0.129. The Hall–Kier alpha value is -9.06. The molecule has 0 N–H and O–H groups in total. The first-order valence-corrected chi connectivity index (χ1v) is 21.3. The predicted molar refractivity (Wildman–Crippen MR) is 266 cm³/mol. The van der Waals surface area contributed by atoms with E-state index in [0.29, 0.717) is 33.6 Å². The molecule has 0 atom stereocenters. The molecule has 0 unspecified atom stereocenters. The van der Waals surface area contributed by atoms with Crippen molar-refractivity contribution in [2.24, 2.45) is 0 Å².